The lowest BCUT2D eigenvalue weighted by molar-refractivity contribution is 0.319. The van der Waals surface area contributed by atoms with Gasteiger partial charge in [0.05, 0.1) is 25.2 Å². The van der Waals surface area contributed by atoms with E-state index < -0.39 is 10.0 Å². The Morgan fingerprint density at radius 1 is 1.31 bits per heavy atom. The van der Waals surface area contributed by atoms with Crippen LogP contribution in [0.15, 0.2) is 24.3 Å². The lowest BCUT2D eigenvalue weighted by atomic mass is 10.3. The number of benzene rings is 1. The van der Waals surface area contributed by atoms with Crippen molar-refractivity contribution in [1.29, 1.82) is 0 Å². The van der Waals surface area contributed by atoms with Gasteiger partial charge in [0.15, 0.2) is 0 Å². The molecule has 0 aromatic heterocycles. The van der Waals surface area contributed by atoms with Crippen molar-refractivity contribution in [3.8, 4) is 5.75 Å². The molecule has 0 saturated heterocycles. The molecule has 90 valence electrons. The van der Waals surface area contributed by atoms with E-state index in [2.05, 4.69) is 0 Å². The fraction of sp³-hybridized carbons (Fsp3) is 0.400. The summed E-state index contributed by atoms with van der Waals surface area (Å²) in [6.45, 7) is -0.386. The summed E-state index contributed by atoms with van der Waals surface area (Å²) in [7, 11) is -0.446. The molecule has 1 aromatic carbocycles. The third-order valence-corrected chi connectivity index (χ3v) is 3.95. The van der Waals surface area contributed by atoms with E-state index in [1.54, 1.807) is 31.4 Å². The van der Waals surface area contributed by atoms with Crippen LogP contribution in [-0.4, -0.2) is 40.0 Å². The van der Waals surface area contributed by atoms with Crippen LogP contribution in [0.3, 0.4) is 0 Å². The van der Waals surface area contributed by atoms with Crippen LogP contribution in [0.25, 0.3) is 0 Å². The van der Waals surface area contributed by atoms with Gasteiger partial charge in [0, 0.05) is 7.05 Å². The average molecular weight is 245 g/mol. The molecule has 1 rings (SSSR count). The molecule has 1 N–H and O–H groups in total. The zero-order chi connectivity index (χ0) is 12.2. The number of aliphatic hydroxyl groups excluding tert-OH is 1. The monoisotopic (exact) mass is 245 g/mol. The number of methoxy groups -OCH3 is 1. The normalized spacial score (nSPS) is 11.2. The molecular weight excluding hydrogens is 230 g/mol. The van der Waals surface area contributed by atoms with E-state index in [4.69, 9.17) is 9.84 Å². The molecule has 0 bridgehead atoms. The van der Waals surface area contributed by atoms with Gasteiger partial charge >= 0.3 is 0 Å². The molecule has 0 amide bonds. The summed E-state index contributed by atoms with van der Waals surface area (Å²) in [5.41, 5.74) is 0.536. The van der Waals surface area contributed by atoms with Gasteiger partial charge in [0.25, 0.3) is 0 Å². The molecule has 5 nitrogen and oxygen atoms in total. The second-order valence-electron chi connectivity index (χ2n) is 3.21. The third kappa shape index (κ3) is 2.86. The Hall–Kier alpha value is -1.27. The highest BCUT2D eigenvalue weighted by molar-refractivity contribution is 7.92. The maximum Gasteiger partial charge on any atom is 0.237 e. The van der Waals surface area contributed by atoms with Gasteiger partial charge in [-0.2, -0.15) is 0 Å². The van der Waals surface area contributed by atoms with Crippen molar-refractivity contribution in [3.63, 3.8) is 0 Å². The zero-order valence-electron chi connectivity index (χ0n) is 9.25. The van der Waals surface area contributed by atoms with Crippen molar-refractivity contribution in [2.45, 2.75) is 0 Å². The predicted molar refractivity (Wildman–Crippen MR) is 62.3 cm³/mol. The largest absolute Gasteiger partial charge is 0.497 e. The predicted octanol–water partition coefficient (Wildman–Crippen LogP) is 0.453. The lowest BCUT2D eigenvalue weighted by Gasteiger charge is -2.18. The van der Waals surface area contributed by atoms with E-state index in [-0.39, 0.29) is 12.4 Å². The summed E-state index contributed by atoms with van der Waals surface area (Å²) in [5.74, 6) is 0.381. The Morgan fingerprint density at radius 3 is 2.31 bits per heavy atom. The van der Waals surface area contributed by atoms with Crippen LogP contribution in [-0.2, 0) is 10.0 Å². The summed E-state index contributed by atoms with van der Waals surface area (Å²) >= 11 is 0. The first-order chi connectivity index (χ1) is 7.51. The van der Waals surface area contributed by atoms with Crippen LogP contribution in [0.1, 0.15) is 0 Å². The van der Waals surface area contributed by atoms with Gasteiger partial charge in [0.1, 0.15) is 5.75 Å². The van der Waals surface area contributed by atoms with Gasteiger partial charge in [0.2, 0.25) is 10.0 Å². The summed E-state index contributed by atoms with van der Waals surface area (Å²) in [5, 5.41) is 8.65. The highest BCUT2D eigenvalue weighted by Crippen LogP contribution is 2.20. The Bertz CT molecular complexity index is 427. The van der Waals surface area contributed by atoms with E-state index in [0.29, 0.717) is 11.4 Å². The van der Waals surface area contributed by atoms with Gasteiger partial charge in [-0.15, -0.1) is 0 Å². The molecule has 0 aliphatic heterocycles. The molecule has 0 saturated carbocycles. The number of sulfonamides is 1. The minimum absolute atomic E-state index is 0.282. The minimum Gasteiger partial charge on any atom is -0.497 e. The molecule has 1 aromatic rings. The van der Waals surface area contributed by atoms with Crippen LogP contribution in [0.5, 0.6) is 5.75 Å². The average Bonchev–Trinajstić information content (AvgIpc) is 2.28. The van der Waals surface area contributed by atoms with Gasteiger partial charge in [-0.1, -0.05) is 0 Å². The third-order valence-electron chi connectivity index (χ3n) is 2.20. The number of aliphatic hydroxyl groups is 1. The molecule has 0 fully saturated rings. The SMILES string of the molecule is COc1ccc(N(C)S(=O)(=O)CCO)cc1. The van der Waals surface area contributed by atoms with E-state index in [1.807, 2.05) is 0 Å². The molecule has 6 heteroatoms. The van der Waals surface area contributed by atoms with Crippen molar-refractivity contribution in [3.05, 3.63) is 24.3 Å². The molecule has 0 aliphatic carbocycles. The van der Waals surface area contributed by atoms with Crippen molar-refractivity contribution >= 4 is 15.7 Å². The van der Waals surface area contributed by atoms with Gasteiger partial charge in [-0.25, -0.2) is 8.42 Å². The Balaban J connectivity index is 2.92. The van der Waals surface area contributed by atoms with Gasteiger partial charge in [-0.3, -0.25) is 4.31 Å². The standard InChI is InChI=1S/C10H15NO4S/c1-11(16(13,14)8-7-12)9-3-5-10(15-2)6-4-9/h3-6,12H,7-8H2,1-2H3. The topological polar surface area (TPSA) is 66.8 Å². The fourth-order valence-corrected chi connectivity index (χ4v) is 2.15. The molecule has 0 spiro atoms. The maximum absolute atomic E-state index is 11.6. The first-order valence-corrected chi connectivity index (χ1v) is 6.33. The summed E-state index contributed by atoms with van der Waals surface area (Å²) < 4.78 is 29.4. The number of anilines is 1. The van der Waals surface area contributed by atoms with E-state index in [0.717, 1.165) is 4.31 Å². The van der Waals surface area contributed by atoms with Crippen molar-refractivity contribution in [2.75, 3.05) is 30.8 Å². The minimum atomic E-state index is -3.44. The van der Waals surface area contributed by atoms with E-state index in [9.17, 15) is 8.42 Å². The first-order valence-electron chi connectivity index (χ1n) is 4.73. The van der Waals surface area contributed by atoms with Crippen molar-refractivity contribution in [1.82, 2.24) is 0 Å². The molecule has 0 radical (unpaired) electrons. The Kier molecular flexibility index (Phi) is 4.14. The van der Waals surface area contributed by atoms with Crippen molar-refractivity contribution < 1.29 is 18.3 Å². The molecule has 16 heavy (non-hydrogen) atoms. The van der Waals surface area contributed by atoms with E-state index in [1.165, 1.54) is 7.05 Å². The summed E-state index contributed by atoms with van der Waals surface area (Å²) in [6.07, 6.45) is 0. The second kappa shape index (κ2) is 5.18. The zero-order valence-corrected chi connectivity index (χ0v) is 10.1. The Labute approximate surface area is 95.3 Å². The van der Waals surface area contributed by atoms with Crippen LogP contribution in [0.2, 0.25) is 0 Å². The van der Waals surface area contributed by atoms with Crippen LogP contribution < -0.4 is 9.04 Å². The van der Waals surface area contributed by atoms with Gasteiger partial charge < -0.3 is 9.84 Å². The molecule has 0 aliphatic rings. The van der Waals surface area contributed by atoms with Gasteiger partial charge in [-0.05, 0) is 24.3 Å². The molecule has 0 unspecified atom stereocenters. The quantitative estimate of drug-likeness (QED) is 0.818. The van der Waals surface area contributed by atoms with Crippen LogP contribution in [0.4, 0.5) is 5.69 Å². The Morgan fingerprint density at radius 2 is 1.88 bits per heavy atom. The summed E-state index contributed by atoms with van der Waals surface area (Å²) in [6, 6.07) is 6.65. The maximum atomic E-state index is 11.6. The molecule has 0 heterocycles. The highest BCUT2D eigenvalue weighted by atomic mass is 32.2. The first kappa shape index (κ1) is 12.8. The number of ether oxygens (including phenoxy) is 1. The number of hydrogen-bond acceptors (Lipinski definition) is 4. The van der Waals surface area contributed by atoms with Crippen LogP contribution >= 0.6 is 0 Å². The highest BCUT2D eigenvalue weighted by Gasteiger charge is 2.17. The fourth-order valence-electron chi connectivity index (χ4n) is 1.21. The molecular formula is C10H15NO4S. The second-order valence-corrected chi connectivity index (χ2v) is 5.32. The molecule has 0 atom stereocenters. The smallest absolute Gasteiger partial charge is 0.237 e. The summed E-state index contributed by atoms with van der Waals surface area (Å²) in [4.78, 5) is 0. The number of nitrogens with zero attached hydrogens (tertiary/aromatic N) is 1. The number of hydrogen-bond donors (Lipinski definition) is 1. The van der Waals surface area contributed by atoms with Crippen molar-refractivity contribution in [2.24, 2.45) is 0 Å². The van der Waals surface area contributed by atoms with Crippen LogP contribution in [0, 0.1) is 0 Å². The lowest BCUT2D eigenvalue weighted by Crippen LogP contribution is -2.30. The number of rotatable bonds is 5. The van der Waals surface area contributed by atoms with E-state index >= 15 is 0 Å².